The summed E-state index contributed by atoms with van der Waals surface area (Å²) in [5, 5.41) is 2.86. The van der Waals surface area contributed by atoms with Crippen molar-refractivity contribution in [3.8, 4) is 0 Å². The number of carbonyl (C=O) groups excluding carboxylic acids is 2. The zero-order valence-electron chi connectivity index (χ0n) is 12.5. The average Bonchev–Trinajstić information content (AvgIpc) is 2.53. The van der Waals surface area contributed by atoms with E-state index in [0.717, 1.165) is 44.5 Å². The predicted molar refractivity (Wildman–Crippen MR) is 80.5 cm³/mol. The molecule has 3 heterocycles. The summed E-state index contributed by atoms with van der Waals surface area (Å²) in [5.74, 6) is -0.104. The van der Waals surface area contributed by atoms with E-state index in [4.69, 9.17) is 4.74 Å². The van der Waals surface area contributed by atoms with E-state index in [0.29, 0.717) is 12.0 Å². The fourth-order valence-electron chi connectivity index (χ4n) is 3.72. The number of hydrogen-bond acceptors (Lipinski definition) is 3. The predicted octanol–water partition coefficient (Wildman–Crippen LogP) is 1.12. The van der Waals surface area contributed by atoms with Crippen molar-refractivity contribution in [1.29, 1.82) is 0 Å². The lowest BCUT2D eigenvalue weighted by molar-refractivity contribution is -0.176. The van der Waals surface area contributed by atoms with Gasteiger partial charge in [-0.25, -0.2) is 0 Å². The Balaban J connectivity index is 1.45. The van der Waals surface area contributed by atoms with Crippen molar-refractivity contribution in [2.24, 2.45) is 0 Å². The Bertz CT molecular complexity index is 614. The van der Waals surface area contributed by atoms with Crippen molar-refractivity contribution in [2.45, 2.75) is 37.3 Å². The first-order valence-electron chi connectivity index (χ1n) is 7.98. The summed E-state index contributed by atoms with van der Waals surface area (Å²) in [6, 6.07) is 7.07. The summed E-state index contributed by atoms with van der Waals surface area (Å²) in [7, 11) is 0. The molecule has 0 saturated carbocycles. The van der Waals surface area contributed by atoms with Crippen LogP contribution in [0.2, 0.25) is 0 Å². The zero-order chi connectivity index (χ0) is 15.2. The maximum absolute atomic E-state index is 12.7. The second-order valence-electron chi connectivity index (χ2n) is 6.49. The van der Waals surface area contributed by atoms with Gasteiger partial charge in [-0.2, -0.15) is 0 Å². The molecule has 3 aliphatic heterocycles. The minimum Gasteiger partial charge on any atom is -0.375 e. The summed E-state index contributed by atoms with van der Waals surface area (Å²) in [5.41, 5.74) is 1.69. The molecule has 1 aromatic rings. The van der Waals surface area contributed by atoms with Crippen LogP contribution in [0, 0.1) is 0 Å². The normalized spacial score (nSPS) is 26.1. The highest BCUT2D eigenvalue weighted by Crippen LogP contribution is 2.36. The molecule has 1 atom stereocenters. The number of rotatable bonds is 1. The molecule has 3 aliphatic rings. The van der Waals surface area contributed by atoms with E-state index >= 15 is 0 Å². The summed E-state index contributed by atoms with van der Waals surface area (Å²) >= 11 is 0. The van der Waals surface area contributed by atoms with Crippen LogP contribution in [0.15, 0.2) is 24.3 Å². The Hall–Kier alpha value is -1.88. The number of hydrogen-bond donors (Lipinski definition) is 1. The maximum atomic E-state index is 12.7. The van der Waals surface area contributed by atoms with E-state index in [9.17, 15) is 9.59 Å². The van der Waals surface area contributed by atoms with Crippen LogP contribution in [-0.4, -0.2) is 48.1 Å². The number of benzene rings is 1. The first-order valence-corrected chi connectivity index (χ1v) is 7.98. The quantitative estimate of drug-likeness (QED) is 0.845. The molecule has 2 fully saturated rings. The molecule has 116 valence electrons. The van der Waals surface area contributed by atoms with Crippen LogP contribution in [0.4, 0.5) is 0 Å². The lowest BCUT2D eigenvalue weighted by atomic mass is 9.84. The number of ether oxygens (including phenoxy) is 1. The fourth-order valence-corrected chi connectivity index (χ4v) is 3.72. The van der Waals surface area contributed by atoms with Crippen LogP contribution in [0.5, 0.6) is 0 Å². The molecular formula is C17H20N2O3. The van der Waals surface area contributed by atoms with Gasteiger partial charge in [0.05, 0.1) is 12.2 Å². The second-order valence-corrected chi connectivity index (χ2v) is 6.49. The van der Waals surface area contributed by atoms with Crippen LogP contribution >= 0.6 is 0 Å². The molecule has 0 aliphatic carbocycles. The van der Waals surface area contributed by atoms with Crippen molar-refractivity contribution in [3.05, 3.63) is 35.4 Å². The van der Waals surface area contributed by atoms with Crippen LogP contribution < -0.4 is 5.32 Å². The summed E-state index contributed by atoms with van der Waals surface area (Å²) in [4.78, 5) is 26.7. The smallest absolute Gasteiger partial charge is 0.252 e. The van der Waals surface area contributed by atoms with Crippen molar-refractivity contribution < 1.29 is 14.3 Å². The Labute approximate surface area is 129 Å². The van der Waals surface area contributed by atoms with Crippen LogP contribution in [0.1, 0.15) is 35.2 Å². The van der Waals surface area contributed by atoms with Gasteiger partial charge in [-0.05, 0) is 30.9 Å². The highest BCUT2D eigenvalue weighted by molar-refractivity contribution is 6.00. The molecule has 0 bridgehead atoms. The molecule has 0 radical (unpaired) electrons. The summed E-state index contributed by atoms with van der Waals surface area (Å²) in [6.45, 7) is 2.31. The van der Waals surface area contributed by atoms with Crippen LogP contribution in [-0.2, 0) is 16.0 Å². The van der Waals surface area contributed by atoms with Crippen molar-refractivity contribution >= 4 is 11.8 Å². The molecule has 0 unspecified atom stereocenters. The molecule has 1 N–H and O–H groups in total. The third-order valence-electron chi connectivity index (χ3n) is 5.24. The summed E-state index contributed by atoms with van der Waals surface area (Å²) < 4.78 is 5.69. The fraction of sp³-hybridized carbons (Fsp3) is 0.529. The molecule has 22 heavy (non-hydrogen) atoms. The molecule has 5 heteroatoms. The maximum Gasteiger partial charge on any atom is 0.252 e. The van der Waals surface area contributed by atoms with Crippen molar-refractivity contribution in [2.75, 3.05) is 19.7 Å². The lowest BCUT2D eigenvalue weighted by Crippen LogP contribution is -2.58. The van der Waals surface area contributed by atoms with Gasteiger partial charge in [0.1, 0.15) is 6.04 Å². The number of nitrogens with one attached hydrogen (secondary N) is 1. The standard InChI is InChI=1S/C17H20N2O3/c20-15-13-4-2-1-3-12(13)11-14(18-15)16(21)19-8-5-17(6-9-19)7-10-22-17/h1-4,14H,5-11H2,(H,18,20)/t14-/m1/s1. The molecule has 1 aromatic carbocycles. The van der Waals surface area contributed by atoms with Gasteiger partial charge in [-0.15, -0.1) is 0 Å². The van der Waals surface area contributed by atoms with Gasteiger partial charge in [-0.3, -0.25) is 9.59 Å². The number of likely N-dealkylation sites (tertiary alicyclic amines) is 1. The van der Waals surface area contributed by atoms with Gasteiger partial charge < -0.3 is 15.0 Å². The summed E-state index contributed by atoms with van der Waals surface area (Å²) in [6.07, 6.45) is 3.52. The molecular weight excluding hydrogens is 280 g/mol. The molecule has 5 nitrogen and oxygen atoms in total. The number of amides is 2. The number of carbonyl (C=O) groups is 2. The van der Waals surface area contributed by atoms with Gasteiger partial charge >= 0.3 is 0 Å². The Morgan fingerprint density at radius 1 is 1.23 bits per heavy atom. The minimum absolute atomic E-state index is 0.0389. The van der Waals surface area contributed by atoms with Gasteiger partial charge in [0.2, 0.25) is 5.91 Å². The SMILES string of the molecule is O=C1N[C@@H](C(=O)N2CCC3(CCO3)CC2)Cc2ccccc21. The molecule has 4 rings (SSSR count). The molecule has 2 saturated heterocycles. The van der Waals surface area contributed by atoms with E-state index in [2.05, 4.69) is 5.32 Å². The van der Waals surface area contributed by atoms with Gasteiger partial charge in [-0.1, -0.05) is 18.2 Å². The van der Waals surface area contributed by atoms with Gasteiger partial charge in [0, 0.05) is 25.1 Å². The van der Waals surface area contributed by atoms with Crippen molar-refractivity contribution in [1.82, 2.24) is 10.2 Å². The highest BCUT2D eigenvalue weighted by Gasteiger charge is 2.43. The number of fused-ring (bicyclic) bond motifs is 1. The van der Waals surface area contributed by atoms with Crippen molar-refractivity contribution in [3.63, 3.8) is 0 Å². The van der Waals surface area contributed by atoms with E-state index in [1.54, 1.807) is 0 Å². The largest absolute Gasteiger partial charge is 0.375 e. The minimum atomic E-state index is -0.432. The first-order chi connectivity index (χ1) is 10.7. The Kier molecular flexibility index (Phi) is 3.18. The van der Waals surface area contributed by atoms with Gasteiger partial charge in [0.15, 0.2) is 0 Å². The monoisotopic (exact) mass is 300 g/mol. The second kappa shape index (κ2) is 5.09. The Morgan fingerprint density at radius 2 is 1.95 bits per heavy atom. The van der Waals surface area contributed by atoms with Gasteiger partial charge in [0.25, 0.3) is 5.91 Å². The molecule has 1 spiro atoms. The first kappa shape index (κ1) is 13.8. The van der Waals surface area contributed by atoms with Crippen LogP contribution in [0.3, 0.4) is 0 Å². The topological polar surface area (TPSA) is 58.6 Å². The third kappa shape index (κ3) is 2.20. The van der Waals surface area contributed by atoms with E-state index in [-0.39, 0.29) is 17.4 Å². The number of nitrogens with zero attached hydrogens (tertiary/aromatic N) is 1. The van der Waals surface area contributed by atoms with E-state index in [1.807, 2.05) is 29.2 Å². The molecule has 2 amide bonds. The van der Waals surface area contributed by atoms with E-state index in [1.165, 1.54) is 0 Å². The van der Waals surface area contributed by atoms with Crippen LogP contribution in [0.25, 0.3) is 0 Å². The third-order valence-corrected chi connectivity index (χ3v) is 5.24. The highest BCUT2D eigenvalue weighted by atomic mass is 16.5. The average molecular weight is 300 g/mol. The number of piperidine rings is 1. The lowest BCUT2D eigenvalue weighted by Gasteiger charge is -2.48. The Morgan fingerprint density at radius 3 is 2.64 bits per heavy atom. The molecule has 0 aromatic heterocycles. The zero-order valence-corrected chi connectivity index (χ0v) is 12.5. The van der Waals surface area contributed by atoms with E-state index < -0.39 is 6.04 Å².